The number of nitro groups is 1. The monoisotopic (exact) mass is 275 g/mol. The van der Waals surface area contributed by atoms with E-state index in [1.165, 1.54) is 6.07 Å². The topological polar surface area (TPSA) is 107 Å². The zero-order chi connectivity index (χ0) is 14.7. The summed E-state index contributed by atoms with van der Waals surface area (Å²) in [5, 5.41) is 29.1. The first-order valence-corrected chi connectivity index (χ1v) is 6.20. The second-order valence-electron chi connectivity index (χ2n) is 4.64. The molecule has 7 nitrogen and oxygen atoms in total. The van der Waals surface area contributed by atoms with Crippen molar-refractivity contribution in [3.63, 3.8) is 0 Å². The molecule has 20 heavy (non-hydrogen) atoms. The summed E-state index contributed by atoms with van der Waals surface area (Å²) < 4.78 is 0. The van der Waals surface area contributed by atoms with Gasteiger partial charge < -0.3 is 10.0 Å². The Morgan fingerprint density at radius 2 is 2.10 bits per heavy atom. The number of carboxylic acids is 1. The Balaban J connectivity index is 2.29. The van der Waals surface area contributed by atoms with Crippen LogP contribution in [0.5, 0.6) is 0 Å². The average Bonchev–Trinajstić information content (AvgIpc) is 2.46. The molecule has 0 aliphatic carbocycles. The fourth-order valence-corrected chi connectivity index (χ4v) is 2.44. The van der Waals surface area contributed by atoms with Crippen LogP contribution < -0.4 is 4.90 Å². The molecule has 0 saturated carbocycles. The predicted molar refractivity (Wildman–Crippen MR) is 70.4 cm³/mol. The van der Waals surface area contributed by atoms with Crippen LogP contribution in [0.15, 0.2) is 18.2 Å². The minimum Gasteiger partial charge on any atom is -0.481 e. The minimum absolute atomic E-state index is 0.0212. The number of carboxylic acid groups (broad SMARTS) is 1. The highest BCUT2D eigenvalue weighted by atomic mass is 16.6. The van der Waals surface area contributed by atoms with Gasteiger partial charge in [0.25, 0.3) is 0 Å². The first kappa shape index (κ1) is 13.8. The maximum Gasteiger partial charge on any atom is 0.310 e. The van der Waals surface area contributed by atoms with E-state index in [1.54, 1.807) is 17.0 Å². The van der Waals surface area contributed by atoms with Gasteiger partial charge in [-0.3, -0.25) is 14.9 Å². The molecule has 1 aliphatic heterocycles. The molecule has 7 heteroatoms. The van der Waals surface area contributed by atoms with Crippen molar-refractivity contribution < 1.29 is 14.8 Å². The number of piperidine rings is 1. The number of rotatable bonds is 3. The van der Waals surface area contributed by atoms with Crippen LogP contribution in [0, 0.1) is 27.4 Å². The van der Waals surface area contributed by atoms with Gasteiger partial charge in [-0.15, -0.1) is 0 Å². The lowest BCUT2D eigenvalue weighted by Gasteiger charge is -2.31. The van der Waals surface area contributed by atoms with Gasteiger partial charge in [0.2, 0.25) is 0 Å². The molecule has 1 saturated heterocycles. The Bertz CT molecular complexity index is 586. The second kappa shape index (κ2) is 5.57. The Morgan fingerprint density at radius 3 is 2.60 bits per heavy atom. The van der Waals surface area contributed by atoms with Crippen LogP contribution in [0.2, 0.25) is 0 Å². The molecule has 1 aromatic rings. The van der Waals surface area contributed by atoms with E-state index in [9.17, 15) is 14.9 Å². The van der Waals surface area contributed by atoms with Gasteiger partial charge in [-0.2, -0.15) is 5.26 Å². The van der Waals surface area contributed by atoms with E-state index in [-0.39, 0.29) is 11.3 Å². The van der Waals surface area contributed by atoms with Gasteiger partial charge in [0, 0.05) is 13.1 Å². The third-order valence-electron chi connectivity index (χ3n) is 3.50. The molecule has 1 aromatic carbocycles. The number of carbonyl (C=O) groups is 1. The van der Waals surface area contributed by atoms with Crippen molar-refractivity contribution in [2.45, 2.75) is 12.8 Å². The first-order valence-electron chi connectivity index (χ1n) is 6.20. The maximum atomic E-state index is 11.2. The molecule has 0 amide bonds. The van der Waals surface area contributed by atoms with Gasteiger partial charge in [-0.25, -0.2) is 0 Å². The molecule has 2 rings (SSSR count). The molecule has 0 unspecified atom stereocenters. The minimum atomic E-state index is -0.829. The Kier molecular flexibility index (Phi) is 3.84. The van der Waals surface area contributed by atoms with Gasteiger partial charge in [-0.05, 0) is 25.0 Å². The third kappa shape index (κ3) is 2.54. The number of nitrogens with zero attached hydrogens (tertiary/aromatic N) is 3. The van der Waals surface area contributed by atoms with Crippen molar-refractivity contribution in [1.29, 1.82) is 5.26 Å². The Labute approximate surface area is 115 Å². The molecule has 104 valence electrons. The van der Waals surface area contributed by atoms with Gasteiger partial charge in [0.15, 0.2) is 0 Å². The quantitative estimate of drug-likeness (QED) is 0.665. The maximum absolute atomic E-state index is 11.2. The van der Waals surface area contributed by atoms with Crippen molar-refractivity contribution in [2.75, 3.05) is 18.0 Å². The highest BCUT2D eigenvalue weighted by Crippen LogP contribution is 2.33. The molecule has 1 heterocycles. The number of nitriles is 1. The Morgan fingerprint density at radius 1 is 1.45 bits per heavy atom. The highest BCUT2D eigenvalue weighted by Gasteiger charge is 2.29. The summed E-state index contributed by atoms with van der Waals surface area (Å²) in [4.78, 5) is 23.3. The summed E-state index contributed by atoms with van der Waals surface area (Å²) in [6.07, 6.45) is 0.895. The van der Waals surface area contributed by atoms with Gasteiger partial charge in [-0.1, -0.05) is 6.07 Å². The van der Waals surface area contributed by atoms with Crippen LogP contribution in [0.4, 0.5) is 11.4 Å². The van der Waals surface area contributed by atoms with Crippen LogP contribution in [0.3, 0.4) is 0 Å². The molecule has 0 radical (unpaired) electrons. The number of hydrogen-bond acceptors (Lipinski definition) is 5. The number of benzene rings is 1. The van der Waals surface area contributed by atoms with Crippen molar-refractivity contribution in [3.8, 4) is 6.07 Å². The lowest BCUT2D eigenvalue weighted by Crippen LogP contribution is -2.36. The first-order chi connectivity index (χ1) is 9.54. The van der Waals surface area contributed by atoms with E-state index in [4.69, 9.17) is 10.4 Å². The summed E-state index contributed by atoms with van der Waals surface area (Å²) in [5.41, 5.74) is 0.203. The molecular formula is C13H13N3O4. The zero-order valence-electron chi connectivity index (χ0n) is 10.7. The number of anilines is 1. The van der Waals surface area contributed by atoms with Crippen molar-refractivity contribution >= 4 is 17.3 Å². The van der Waals surface area contributed by atoms with Gasteiger partial charge >= 0.3 is 11.7 Å². The van der Waals surface area contributed by atoms with Crippen LogP contribution in [-0.2, 0) is 4.79 Å². The summed E-state index contributed by atoms with van der Waals surface area (Å²) in [6, 6.07) is 6.43. The normalized spacial score (nSPS) is 15.7. The fraction of sp³-hybridized carbons (Fsp3) is 0.385. The number of hydrogen-bond donors (Lipinski definition) is 1. The number of para-hydroxylation sites is 1. The molecule has 0 aromatic heterocycles. The van der Waals surface area contributed by atoms with E-state index in [0.717, 1.165) is 0 Å². The summed E-state index contributed by atoms with van der Waals surface area (Å²) >= 11 is 0. The largest absolute Gasteiger partial charge is 0.481 e. The van der Waals surface area contributed by atoms with Crippen molar-refractivity contribution in [2.24, 2.45) is 5.92 Å². The smallest absolute Gasteiger partial charge is 0.310 e. The second-order valence-corrected chi connectivity index (χ2v) is 4.64. The average molecular weight is 275 g/mol. The van der Waals surface area contributed by atoms with Crippen LogP contribution in [0.1, 0.15) is 18.4 Å². The predicted octanol–water partition coefficient (Wildman–Crippen LogP) is 1.77. The summed E-state index contributed by atoms with van der Waals surface area (Å²) in [7, 11) is 0. The molecular weight excluding hydrogens is 262 g/mol. The lowest BCUT2D eigenvalue weighted by molar-refractivity contribution is -0.384. The molecule has 0 bridgehead atoms. The van der Waals surface area contributed by atoms with E-state index in [1.807, 2.05) is 6.07 Å². The van der Waals surface area contributed by atoms with Gasteiger partial charge in [0.05, 0.1) is 10.8 Å². The fourth-order valence-electron chi connectivity index (χ4n) is 2.44. The molecule has 1 N–H and O–H groups in total. The van der Waals surface area contributed by atoms with Gasteiger partial charge in [0.1, 0.15) is 17.3 Å². The van der Waals surface area contributed by atoms with E-state index in [2.05, 4.69) is 0 Å². The van der Waals surface area contributed by atoms with Crippen LogP contribution >= 0.6 is 0 Å². The number of aliphatic carboxylic acids is 1. The van der Waals surface area contributed by atoms with Crippen LogP contribution in [0.25, 0.3) is 0 Å². The van der Waals surface area contributed by atoms with E-state index < -0.39 is 16.8 Å². The molecule has 0 spiro atoms. The lowest BCUT2D eigenvalue weighted by atomic mass is 9.96. The zero-order valence-corrected chi connectivity index (χ0v) is 10.7. The third-order valence-corrected chi connectivity index (χ3v) is 3.50. The molecule has 1 fully saturated rings. The molecule has 0 atom stereocenters. The van der Waals surface area contributed by atoms with E-state index >= 15 is 0 Å². The van der Waals surface area contributed by atoms with Crippen LogP contribution in [-0.4, -0.2) is 29.1 Å². The van der Waals surface area contributed by atoms with E-state index in [0.29, 0.717) is 31.6 Å². The SMILES string of the molecule is N#Cc1cccc(N2CCC(C(=O)O)CC2)c1[N+](=O)[O-]. The summed E-state index contributed by atoms with van der Waals surface area (Å²) in [5.74, 6) is -1.23. The highest BCUT2D eigenvalue weighted by molar-refractivity contribution is 5.72. The van der Waals surface area contributed by atoms with Crippen molar-refractivity contribution in [1.82, 2.24) is 0 Å². The summed E-state index contributed by atoms with van der Waals surface area (Å²) in [6.45, 7) is 0.874. The Hall–Kier alpha value is -2.62. The molecule has 1 aliphatic rings. The standard InChI is InChI=1S/C13H13N3O4/c14-8-10-2-1-3-11(12(10)16(19)20)15-6-4-9(5-7-15)13(17)18/h1-3,9H,4-7H2,(H,17,18). The number of nitro benzene ring substituents is 1. The van der Waals surface area contributed by atoms with Crippen molar-refractivity contribution in [3.05, 3.63) is 33.9 Å².